The van der Waals surface area contributed by atoms with Crippen LogP contribution in [0.3, 0.4) is 0 Å². The molecule has 0 spiro atoms. The van der Waals surface area contributed by atoms with Gasteiger partial charge in [0.2, 0.25) is 5.78 Å². The zero-order valence-electron chi connectivity index (χ0n) is 7.29. The largest absolute Gasteiger partial charge is 0.287 e. The van der Waals surface area contributed by atoms with Crippen molar-refractivity contribution in [3.8, 4) is 0 Å². The van der Waals surface area contributed by atoms with E-state index >= 15 is 0 Å². The van der Waals surface area contributed by atoms with Crippen LogP contribution in [0.15, 0.2) is 30.4 Å². The molecular formula is C10H11NO. The fourth-order valence-electron chi connectivity index (χ4n) is 0.888. The van der Waals surface area contributed by atoms with Crippen LogP contribution in [0.4, 0.5) is 0 Å². The molecule has 0 bridgehead atoms. The Kier molecular flexibility index (Phi) is 2.38. The van der Waals surface area contributed by atoms with Gasteiger partial charge in [-0.2, -0.15) is 0 Å². The Labute approximate surface area is 71.9 Å². The first-order valence-electron chi connectivity index (χ1n) is 3.75. The Bertz CT molecular complexity index is 328. The van der Waals surface area contributed by atoms with Crippen LogP contribution in [0.1, 0.15) is 23.1 Å². The summed E-state index contributed by atoms with van der Waals surface area (Å²) in [6, 6.07) is 5.37. The minimum atomic E-state index is -0.0845. The first-order chi connectivity index (χ1) is 5.61. The predicted octanol–water partition coefficient (Wildman–Crippen LogP) is 2.15. The van der Waals surface area contributed by atoms with E-state index in [1.54, 1.807) is 13.0 Å². The van der Waals surface area contributed by atoms with Crippen molar-refractivity contribution in [1.82, 2.24) is 4.98 Å². The molecule has 0 fully saturated rings. The summed E-state index contributed by atoms with van der Waals surface area (Å²) in [6.45, 7) is 7.11. The van der Waals surface area contributed by atoms with E-state index in [2.05, 4.69) is 11.6 Å². The molecule has 1 aromatic heterocycles. The summed E-state index contributed by atoms with van der Waals surface area (Å²) in [5, 5.41) is 0. The number of Topliss-reactive ketones (excluding diaryl/α,β-unsaturated/α-hetero) is 1. The maximum Gasteiger partial charge on any atom is 0.206 e. The standard InChI is InChI=1S/C10H11NO/c1-7(2)10(12)9-6-4-5-8(3)11-9/h4-6H,1H2,2-3H3. The van der Waals surface area contributed by atoms with Crippen LogP contribution in [-0.4, -0.2) is 10.8 Å². The molecule has 1 heterocycles. The highest BCUT2D eigenvalue weighted by Crippen LogP contribution is 2.04. The third kappa shape index (κ3) is 1.78. The fourth-order valence-corrected chi connectivity index (χ4v) is 0.888. The summed E-state index contributed by atoms with van der Waals surface area (Å²) >= 11 is 0. The molecule has 2 heteroatoms. The van der Waals surface area contributed by atoms with Crippen LogP contribution in [0, 0.1) is 6.92 Å². The Morgan fingerprint density at radius 2 is 2.17 bits per heavy atom. The van der Waals surface area contributed by atoms with Crippen molar-refractivity contribution in [1.29, 1.82) is 0 Å². The molecule has 1 aromatic rings. The van der Waals surface area contributed by atoms with E-state index in [4.69, 9.17) is 0 Å². The molecule has 1 rings (SSSR count). The molecule has 0 amide bonds. The molecule has 0 aliphatic carbocycles. The average molecular weight is 161 g/mol. The molecule has 0 atom stereocenters. The molecule has 0 aliphatic heterocycles. The Hall–Kier alpha value is -1.44. The molecule has 0 unspecified atom stereocenters. The number of hydrogen-bond acceptors (Lipinski definition) is 2. The van der Waals surface area contributed by atoms with Crippen molar-refractivity contribution in [2.75, 3.05) is 0 Å². The quantitative estimate of drug-likeness (QED) is 0.491. The fraction of sp³-hybridized carbons (Fsp3) is 0.200. The van der Waals surface area contributed by atoms with Crippen molar-refractivity contribution in [2.24, 2.45) is 0 Å². The monoisotopic (exact) mass is 161 g/mol. The van der Waals surface area contributed by atoms with Gasteiger partial charge in [-0.25, -0.2) is 4.98 Å². The predicted molar refractivity (Wildman–Crippen MR) is 48.1 cm³/mol. The third-order valence-corrected chi connectivity index (χ3v) is 1.51. The van der Waals surface area contributed by atoms with E-state index in [9.17, 15) is 4.79 Å². The Morgan fingerprint density at radius 3 is 2.67 bits per heavy atom. The number of pyridine rings is 1. The van der Waals surface area contributed by atoms with Gasteiger partial charge in [-0.3, -0.25) is 4.79 Å². The number of aryl methyl sites for hydroxylation is 1. The van der Waals surface area contributed by atoms with Crippen LogP contribution >= 0.6 is 0 Å². The maximum atomic E-state index is 11.3. The lowest BCUT2D eigenvalue weighted by molar-refractivity contribution is 0.103. The molecule has 0 aromatic carbocycles. The first kappa shape index (κ1) is 8.65. The number of ketones is 1. The first-order valence-corrected chi connectivity index (χ1v) is 3.75. The van der Waals surface area contributed by atoms with Gasteiger partial charge in [-0.15, -0.1) is 0 Å². The normalized spacial score (nSPS) is 9.50. The van der Waals surface area contributed by atoms with Gasteiger partial charge in [-0.1, -0.05) is 12.6 Å². The zero-order valence-corrected chi connectivity index (χ0v) is 7.29. The highest BCUT2D eigenvalue weighted by molar-refractivity contribution is 6.06. The Balaban J connectivity index is 3.04. The van der Waals surface area contributed by atoms with Crippen molar-refractivity contribution in [3.05, 3.63) is 41.7 Å². The summed E-state index contributed by atoms with van der Waals surface area (Å²) in [5.74, 6) is -0.0845. The average Bonchev–Trinajstić information content (AvgIpc) is 2.03. The number of carbonyl (C=O) groups excluding carboxylic acids is 1. The van der Waals surface area contributed by atoms with Gasteiger partial charge in [-0.05, 0) is 31.6 Å². The lowest BCUT2D eigenvalue weighted by atomic mass is 10.1. The summed E-state index contributed by atoms with van der Waals surface area (Å²) in [6.07, 6.45) is 0. The van der Waals surface area contributed by atoms with Crippen molar-refractivity contribution < 1.29 is 4.79 Å². The topological polar surface area (TPSA) is 30.0 Å². The molecule has 0 aliphatic rings. The number of carbonyl (C=O) groups is 1. The highest BCUT2D eigenvalue weighted by Gasteiger charge is 2.06. The minimum Gasteiger partial charge on any atom is -0.287 e. The second kappa shape index (κ2) is 3.30. The van der Waals surface area contributed by atoms with E-state index < -0.39 is 0 Å². The van der Waals surface area contributed by atoms with Gasteiger partial charge in [0, 0.05) is 5.69 Å². The lowest BCUT2D eigenvalue weighted by Crippen LogP contribution is -2.02. The molecule has 0 saturated carbocycles. The highest BCUT2D eigenvalue weighted by atomic mass is 16.1. The van der Waals surface area contributed by atoms with Crippen molar-refractivity contribution >= 4 is 5.78 Å². The van der Waals surface area contributed by atoms with E-state index in [0.717, 1.165) is 5.69 Å². The lowest BCUT2D eigenvalue weighted by Gasteiger charge is -1.98. The number of allylic oxidation sites excluding steroid dienone is 1. The summed E-state index contributed by atoms with van der Waals surface area (Å²) in [7, 11) is 0. The van der Waals surface area contributed by atoms with Gasteiger partial charge in [0.15, 0.2) is 0 Å². The molecule has 12 heavy (non-hydrogen) atoms. The molecule has 2 nitrogen and oxygen atoms in total. The number of nitrogens with zero attached hydrogens (tertiary/aromatic N) is 1. The van der Waals surface area contributed by atoms with Crippen LogP contribution < -0.4 is 0 Å². The maximum absolute atomic E-state index is 11.3. The summed E-state index contributed by atoms with van der Waals surface area (Å²) in [4.78, 5) is 15.4. The Morgan fingerprint density at radius 1 is 1.50 bits per heavy atom. The summed E-state index contributed by atoms with van der Waals surface area (Å²) < 4.78 is 0. The van der Waals surface area contributed by atoms with Gasteiger partial charge >= 0.3 is 0 Å². The molecular weight excluding hydrogens is 150 g/mol. The van der Waals surface area contributed by atoms with E-state index in [-0.39, 0.29) is 5.78 Å². The van der Waals surface area contributed by atoms with Crippen LogP contribution in [0.5, 0.6) is 0 Å². The van der Waals surface area contributed by atoms with Gasteiger partial charge < -0.3 is 0 Å². The van der Waals surface area contributed by atoms with Gasteiger partial charge in [0.1, 0.15) is 5.69 Å². The second-order valence-corrected chi connectivity index (χ2v) is 2.77. The van der Waals surface area contributed by atoms with E-state index in [0.29, 0.717) is 11.3 Å². The van der Waals surface area contributed by atoms with Gasteiger partial charge in [0.25, 0.3) is 0 Å². The minimum absolute atomic E-state index is 0.0845. The SMILES string of the molecule is C=C(C)C(=O)c1cccc(C)n1. The third-order valence-electron chi connectivity index (χ3n) is 1.51. The van der Waals surface area contributed by atoms with Crippen LogP contribution in [0.25, 0.3) is 0 Å². The van der Waals surface area contributed by atoms with Gasteiger partial charge in [0.05, 0.1) is 0 Å². The van der Waals surface area contributed by atoms with E-state index in [1.807, 2.05) is 19.1 Å². The molecule has 0 saturated heterocycles. The molecule has 0 radical (unpaired) electrons. The number of rotatable bonds is 2. The van der Waals surface area contributed by atoms with Crippen LogP contribution in [0.2, 0.25) is 0 Å². The van der Waals surface area contributed by atoms with Crippen LogP contribution in [-0.2, 0) is 0 Å². The molecule has 62 valence electrons. The number of hydrogen-bond donors (Lipinski definition) is 0. The smallest absolute Gasteiger partial charge is 0.206 e. The number of aromatic nitrogens is 1. The second-order valence-electron chi connectivity index (χ2n) is 2.77. The van der Waals surface area contributed by atoms with Crippen molar-refractivity contribution in [3.63, 3.8) is 0 Å². The summed E-state index contributed by atoms with van der Waals surface area (Å²) in [5.41, 5.74) is 1.85. The van der Waals surface area contributed by atoms with E-state index in [1.165, 1.54) is 0 Å². The van der Waals surface area contributed by atoms with Crippen molar-refractivity contribution in [2.45, 2.75) is 13.8 Å². The molecule has 0 N–H and O–H groups in total. The zero-order chi connectivity index (χ0) is 9.14.